The Balaban J connectivity index is 1.05. The average molecular weight is 1120 g/mol. The Morgan fingerprint density at radius 1 is 0.185 bits per heavy atom. The summed E-state index contributed by atoms with van der Waals surface area (Å²) >= 11 is 0. The van der Waals surface area contributed by atoms with E-state index in [0.29, 0.717) is 13.2 Å². The van der Waals surface area contributed by atoms with E-state index >= 15 is 0 Å². The van der Waals surface area contributed by atoms with Crippen molar-refractivity contribution in [1.82, 2.24) is 0 Å². The van der Waals surface area contributed by atoms with Crippen LogP contribution in [0.15, 0.2) is 340 Å². The summed E-state index contributed by atoms with van der Waals surface area (Å²) in [6, 6.07) is 126. The lowest BCUT2D eigenvalue weighted by molar-refractivity contribution is 0.121. The van der Waals surface area contributed by atoms with Crippen molar-refractivity contribution in [2.75, 3.05) is 13.2 Å². The largest absolute Gasteiger partial charge is 0.379 e. The van der Waals surface area contributed by atoms with Gasteiger partial charge in [0.25, 0.3) is 0 Å². The fourth-order valence-electron chi connectivity index (χ4n) is 11.3. The second kappa shape index (κ2) is 26.7. The second-order valence-corrected chi connectivity index (χ2v) is 28.6. The molecule has 0 radical (unpaired) electrons. The molecule has 0 spiro atoms. The first-order chi connectivity index (χ1) is 40.3. The summed E-state index contributed by atoms with van der Waals surface area (Å²) in [7, 11) is -3.84. The molecule has 0 saturated heterocycles. The highest BCUT2D eigenvalue weighted by Crippen LogP contribution is 2.44. The second-order valence-electron chi connectivity index (χ2n) is 19.9. The maximum absolute atomic E-state index is 7.79. The van der Waals surface area contributed by atoms with Crippen molar-refractivity contribution in [3.8, 4) is 0 Å². The van der Waals surface area contributed by atoms with Gasteiger partial charge < -0.3 is 4.74 Å². The van der Waals surface area contributed by atoms with Crippen molar-refractivity contribution < 1.29 is 4.74 Å². The average Bonchev–Trinajstić information content (AvgIpc) is 3.55. The molecule has 5 heteroatoms. The van der Waals surface area contributed by atoms with Crippen molar-refractivity contribution in [1.29, 1.82) is 0 Å². The molecule has 81 heavy (non-hydrogen) atoms. The molecular formula is C76H62OP4. The minimum atomic E-state index is -0.960. The van der Waals surface area contributed by atoms with E-state index in [0.717, 1.165) is 0 Å². The normalized spacial score (nSPS) is 11.5. The van der Waals surface area contributed by atoms with Crippen LogP contribution in [-0.2, 0) is 4.74 Å². The Morgan fingerprint density at radius 3 is 0.506 bits per heavy atom. The van der Waals surface area contributed by atoms with Gasteiger partial charge in [-0.1, -0.05) is 340 Å². The lowest BCUT2D eigenvalue weighted by Gasteiger charge is -2.32. The van der Waals surface area contributed by atoms with Crippen LogP contribution in [0.5, 0.6) is 0 Å². The molecule has 0 bridgehead atoms. The molecule has 0 amide bonds. The zero-order valence-electron chi connectivity index (χ0n) is 45.1. The fourth-order valence-corrected chi connectivity index (χ4v) is 21.3. The Hall–Kier alpha value is -7.68. The standard InChI is InChI=1S/C76H62OP4/c1-9-33-59(34-10-1)78(60-35-11-2-12-36-60)73-53-29-25-49-67(73)71(68-50-26-30-54-74(68)79(61-37-13-3-14-38-61)62-39-15-4-16-40-62)57-77-58-72(69-51-27-31-55-75(69)80(63-41-17-5-18-42-63)64-43-19-6-20-44-64)70-52-28-32-56-76(70)81(65-45-21-7-22-46-65)66-47-23-8-24-48-66/h1-56,71-72H,57-58H2. The molecule has 0 aliphatic heterocycles. The number of rotatable bonds is 20. The molecule has 392 valence electrons. The van der Waals surface area contributed by atoms with E-state index in [1.807, 2.05) is 0 Å². The molecule has 0 unspecified atom stereocenters. The van der Waals surface area contributed by atoms with Crippen LogP contribution in [0.2, 0.25) is 0 Å². The zero-order valence-corrected chi connectivity index (χ0v) is 48.7. The molecule has 12 aromatic rings. The van der Waals surface area contributed by atoms with Gasteiger partial charge in [0.15, 0.2) is 0 Å². The van der Waals surface area contributed by atoms with Crippen LogP contribution in [0.4, 0.5) is 0 Å². The van der Waals surface area contributed by atoms with Crippen LogP contribution in [0, 0.1) is 0 Å². The van der Waals surface area contributed by atoms with E-state index < -0.39 is 31.7 Å². The van der Waals surface area contributed by atoms with Crippen molar-refractivity contribution >= 4 is 95.3 Å². The summed E-state index contributed by atoms with van der Waals surface area (Å²) < 4.78 is 7.79. The highest BCUT2D eigenvalue weighted by molar-refractivity contribution is 7.81. The van der Waals surface area contributed by atoms with Crippen molar-refractivity contribution in [2.24, 2.45) is 0 Å². The van der Waals surface area contributed by atoms with Gasteiger partial charge in [-0.2, -0.15) is 0 Å². The van der Waals surface area contributed by atoms with Crippen molar-refractivity contribution in [2.45, 2.75) is 11.8 Å². The molecule has 0 saturated carbocycles. The van der Waals surface area contributed by atoms with Crippen LogP contribution in [0.25, 0.3) is 0 Å². The first kappa shape index (κ1) is 53.9. The van der Waals surface area contributed by atoms with Gasteiger partial charge in [0, 0.05) is 11.8 Å². The van der Waals surface area contributed by atoms with Crippen molar-refractivity contribution in [3.05, 3.63) is 362 Å². The highest BCUT2D eigenvalue weighted by Gasteiger charge is 2.32. The lowest BCUT2D eigenvalue weighted by atomic mass is 9.90. The van der Waals surface area contributed by atoms with Gasteiger partial charge in [-0.15, -0.1) is 0 Å². The quantitative estimate of drug-likeness (QED) is 0.0691. The number of hydrogen-bond donors (Lipinski definition) is 0. The minimum Gasteiger partial charge on any atom is -0.379 e. The molecule has 0 N–H and O–H groups in total. The maximum atomic E-state index is 7.79. The molecular weight excluding hydrogens is 1050 g/mol. The van der Waals surface area contributed by atoms with Crippen LogP contribution >= 0.6 is 31.7 Å². The van der Waals surface area contributed by atoms with Gasteiger partial charge in [-0.05, 0) is 118 Å². The molecule has 12 rings (SSSR count). The fraction of sp³-hybridized carbons (Fsp3) is 0.0526. The summed E-state index contributed by atoms with van der Waals surface area (Å²) in [4.78, 5) is 0. The Morgan fingerprint density at radius 2 is 0.333 bits per heavy atom. The topological polar surface area (TPSA) is 9.23 Å². The molecule has 0 heterocycles. The van der Waals surface area contributed by atoms with Gasteiger partial charge in [-0.3, -0.25) is 0 Å². The molecule has 12 aromatic carbocycles. The molecule has 0 fully saturated rings. The van der Waals surface area contributed by atoms with E-state index in [1.54, 1.807) is 0 Å². The van der Waals surface area contributed by atoms with E-state index in [2.05, 4.69) is 340 Å². The van der Waals surface area contributed by atoms with Gasteiger partial charge >= 0.3 is 0 Å². The Kier molecular flexibility index (Phi) is 17.8. The van der Waals surface area contributed by atoms with Gasteiger partial charge in [0.05, 0.1) is 13.2 Å². The van der Waals surface area contributed by atoms with E-state index in [9.17, 15) is 0 Å². The third-order valence-electron chi connectivity index (χ3n) is 14.9. The Labute approximate surface area is 484 Å². The molecule has 1 nitrogen and oxygen atoms in total. The highest BCUT2D eigenvalue weighted by atomic mass is 31.1. The molecule has 0 atom stereocenters. The third-order valence-corrected chi connectivity index (χ3v) is 25.0. The van der Waals surface area contributed by atoms with Crippen molar-refractivity contribution in [3.63, 3.8) is 0 Å². The smallest absolute Gasteiger partial charge is 0.0576 e. The predicted molar refractivity (Wildman–Crippen MR) is 355 cm³/mol. The number of hydrogen-bond acceptors (Lipinski definition) is 1. The van der Waals surface area contributed by atoms with E-state index in [1.165, 1.54) is 85.9 Å². The summed E-state index contributed by atoms with van der Waals surface area (Å²) in [5.41, 5.74) is 5.19. The van der Waals surface area contributed by atoms with Crippen LogP contribution in [0.3, 0.4) is 0 Å². The maximum Gasteiger partial charge on any atom is 0.0576 e. The van der Waals surface area contributed by atoms with Crippen LogP contribution in [0.1, 0.15) is 34.1 Å². The predicted octanol–water partition coefficient (Wildman–Crippen LogP) is 13.7. The molecule has 0 aliphatic carbocycles. The van der Waals surface area contributed by atoms with Gasteiger partial charge in [0.2, 0.25) is 0 Å². The Bertz CT molecular complexity index is 3200. The van der Waals surface area contributed by atoms with Crippen LogP contribution < -0.4 is 63.7 Å². The third kappa shape index (κ3) is 12.3. The van der Waals surface area contributed by atoms with Gasteiger partial charge in [0.1, 0.15) is 0 Å². The van der Waals surface area contributed by atoms with Gasteiger partial charge in [-0.25, -0.2) is 0 Å². The molecule has 0 aliphatic rings. The number of ether oxygens (including phenoxy) is 1. The summed E-state index contributed by atoms with van der Waals surface area (Å²) in [6.45, 7) is 0.930. The minimum absolute atomic E-state index is 0.130. The molecule has 0 aromatic heterocycles. The summed E-state index contributed by atoms with van der Waals surface area (Å²) in [5, 5.41) is 16.0. The zero-order chi connectivity index (χ0) is 54.4. The van der Waals surface area contributed by atoms with E-state index in [-0.39, 0.29) is 11.8 Å². The van der Waals surface area contributed by atoms with Crippen LogP contribution in [-0.4, -0.2) is 13.2 Å². The SMILES string of the molecule is c1ccc(P(c2ccccc2)c2ccccc2C(COCC(c2ccccc2P(c2ccccc2)c2ccccc2)c2ccccc2P(c2ccccc2)c2ccccc2)c2ccccc2P(c2ccccc2)c2ccccc2)cc1. The lowest BCUT2D eigenvalue weighted by Crippen LogP contribution is -2.31. The first-order valence-electron chi connectivity index (χ1n) is 27.8. The summed E-state index contributed by atoms with van der Waals surface area (Å²) in [5.74, 6) is -0.259. The van der Waals surface area contributed by atoms with E-state index in [4.69, 9.17) is 4.74 Å². The monoisotopic (exact) mass is 1110 g/mol. The number of benzene rings is 12. The summed E-state index contributed by atoms with van der Waals surface area (Å²) in [6.07, 6.45) is 0. The first-order valence-corrected chi connectivity index (χ1v) is 33.2.